The molecule has 0 N–H and O–H groups in total. The van der Waals surface area contributed by atoms with Crippen LogP contribution in [-0.2, 0) is 0 Å². The number of para-hydroxylation sites is 1. The van der Waals surface area contributed by atoms with Crippen molar-refractivity contribution in [2.24, 2.45) is 0 Å². The zero-order chi connectivity index (χ0) is 13.1. The molecule has 0 aliphatic heterocycles. The Morgan fingerprint density at radius 3 is 2.50 bits per heavy atom. The molecular formula is C15H14BrNO. The Hall–Kier alpha value is -1.61. The van der Waals surface area contributed by atoms with E-state index in [0.717, 1.165) is 22.1 Å². The fraction of sp³-hybridized carbons (Fsp3) is 0.133. The van der Waals surface area contributed by atoms with E-state index in [4.69, 9.17) is 0 Å². The van der Waals surface area contributed by atoms with Crippen LogP contribution in [0, 0.1) is 6.92 Å². The highest BCUT2D eigenvalue weighted by Gasteiger charge is 2.08. The maximum atomic E-state index is 10.8. The van der Waals surface area contributed by atoms with E-state index in [9.17, 15) is 4.79 Å². The molecule has 0 radical (unpaired) electrons. The van der Waals surface area contributed by atoms with Crippen LogP contribution in [0.4, 0.5) is 11.4 Å². The zero-order valence-corrected chi connectivity index (χ0v) is 11.9. The van der Waals surface area contributed by atoms with E-state index < -0.39 is 0 Å². The van der Waals surface area contributed by atoms with Crippen molar-refractivity contribution in [2.75, 3.05) is 11.9 Å². The summed E-state index contributed by atoms with van der Waals surface area (Å²) in [6.07, 6.45) is 0.849. The summed E-state index contributed by atoms with van der Waals surface area (Å²) in [5, 5.41) is 0. The molecule has 18 heavy (non-hydrogen) atoms. The minimum atomic E-state index is 0.664. The molecule has 2 rings (SSSR count). The smallest absolute Gasteiger partial charge is 0.151 e. The molecule has 0 saturated carbocycles. The lowest BCUT2D eigenvalue weighted by Crippen LogP contribution is -2.10. The average molecular weight is 304 g/mol. The summed E-state index contributed by atoms with van der Waals surface area (Å²) in [5.41, 5.74) is 4.08. The maximum Gasteiger partial charge on any atom is 0.151 e. The topological polar surface area (TPSA) is 20.3 Å². The number of benzene rings is 2. The Labute approximate surface area is 115 Å². The van der Waals surface area contributed by atoms with Crippen LogP contribution in [0.2, 0.25) is 0 Å². The van der Waals surface area contributed by atoms with Crippen LogP contribution in [0.25, 0.3) is 0 Å². The van der Waals surface area contributed by atoms with Gasteiger partial charge in [-0.1, -0.05) is 18.2 Å². The van der Waals surface area contributed by atoms with Crippen molar-refractivity contribution in [2.45, 2.75) is 6.92 Å². The Kier molecular flexibility index (Phi) is 3.82. The fourth-order valence-electron chi connectivity index (χ4n) is 1.90. The van der Waals surface area contributed by atoms with Crippen molar-refractivity contribution in [1.82, 2.24) is 0 Å². The molecule has 0 unspecified atom stereocenters. The molecular weight excluding hydrogens is 290 g/mol. The van der Waals surface area contributed by atoms with E-state index in [1.54, 1.807) is 0 Å². The summed E-state index contributed by atoms with van der Waals surface area (Å²) < 4.78 is 0.815. The molecule has 2 nitrogen and oxygen atoms in total. The van der Waals surface area contributed by atoms with Crippen LogP contribution in [0.1, 0.15) is 15.9 Å². The van der Waals surface area contributed by atoms with E-state index >= 15 is 0 Å². The summed E-state index contributed by atoms with van der Waals surface area (Å²) in [7, 11) is 2.02. The number of carbonyl (C=O) groups is 1. The largest absolute Gasteiger partial charge is 0.344 e. The van der Waals surface area contributed by atoms with Gasteiger partial charge in [-0.05, 0) is 52.7 Å². The molecule has 2 aromatic carbocycles. The van der Waals surface area contributed by atoms with Gasteiger partial charge >= 0.3 is 0 Å². The number of hydrogen-bond donors (Lipinski definition) is 0. The summed E-state index contributed by atoms with van der Waals surface area (Å²) in [6, 6.07) is 13.9. The Morgan fingerprint density at radius 1 is 1.17 bits per heavy atom. The molecule has 0 fully saturated rings. The molecule has 0 aliphatic rings. The van der Waals surface area contributed by atoms with Gasteiger partial charge in [0, 0.05) is 28.5 Å². The number of nitrogens with zero attached hydrogens (tertiary/aromatic N) is 1. The Bertz CT molecular complexity index is 580. The minimum absolute atomic E-state index is 0.664. The molecule has 3 heteroatoms. The van der Waals surface area contributed by atoms with E-state index in [1.807, 2.05) is 37.4 Å². The highest BCUT2D eigenvalue weighted by molar-refractivity contribution is 9.10. The fourth-order valence-corrected chi connectivity index (χ4v) is 2.36. The lowest BCUT2D eigenvalue weighted by molar-refractivity contribution is 0.112. The van der Waals surface area contributed by atoms with Gasteiger partial charge in [-0.25, -0.2) is 0 Å². The van der Waals surface area contributed by atoms with Crippen molar-refractivity contribution in [3.63, 3.8) is 0 Å². The molecule has 0 bridgehead atoms. The molecule has 0 amide bonds. The average Bonchev–Trinajstić information content (AvgIpc) is 2.38. The number of rotatable bonds is 3. The van der Waals surface area contributed by atoms with Gasteiger partial charge in [-0.15, -0.1) is 0 Å². The van der Waals surface area contributed by atoms with Crippen LogP contribution in [0.15, 0.2) is 46.9 Å². The quantitative estimate of drug-likeness (QED) is 0.786. The highest BCUT2D eigenvalue weighted by Crippen LogP contribution is 2.29. The van der Waals surface area contributed by atoms with E-state index in [1.165, 1.54) is 5.56 Å². The predicted octanol–water partition coefficient (Wildman–Crippen LogP) is 4.34. The minimum Gasteiger partial charge on any atom is -0.344 e. The second-order valence-corrected chi connectivity index (χ2v) is 5.02. The van der Waals surface area contributed by atoms with Gasteiger partial charge in [0.15, 0.2) is 6.29 Å². The van der Waals surface area contributed by atoms with Crippen LogP contribution >= 0.6 is 15.9 Å². The first kappa shape index (κ1) is 12.8. The monoisotopic (exact) mass is 303 g/mol. The van der Waals surface area contributed by atoms with Crippen LogP contribution in [0.3, 0.4) is 0 Å². The predicted molar refractivity (Wildman–Crippen MR) is 78.8 cm³/mol. The Balaban J connectivity index is 2.40. The number of aldehydes is 1. The molecule has 0 heterocycles. The number of carbonyl (C=O) groups excluding carboxylic acids is 1. The SMILES string of the molecule is Cc1ccccc1N(C)c1ccc(C=O)c(Br)c1. The first-order chi connectivity index (χ1) is 8.63. The van der Waals surface area contributed by atoms with Gasteiger partial charge in [0.05, 0.1) is 0 Å². The first-order valence-electron chi connectivity index (χ1n) is 5.67. The number of halogens is 1. The standard InChI is InChI=1S/C15H14BrNO/c1-11-5-3-4-6-15(11)17(2)13-8-7-12(10-18)14(16)9-13/h3-10H,1-2H3. The second-order valence-electron chi connectivity index (χ2n) is 4.17. The lowest BCUT2D eigenvalue weighted by atomic mass is 10.1. The van der Waals surface area contributed by atoms with Gasteiger partial charge < -0.3 is 4.90 Å². The van der Waals surface area contributed by atoms with Crippen LogP contribution in [-0.4, -0.2) is 13.3 Å². The molecule has 2 aromatic rings. The van der Waals surface area contributed by atoms with E-state index in [2.05, 4.69) is 39.9 Å². The second kappa shape index (κ2) is 5.36. The number of hydrogen-bond acceptors (Lipinski definition) is 2. The van der Waals surface area contributed by atoms with Crippen molar-refractivity contribution in [3.05, 3.63) is 58.1 Å². The van der Waals surface area contributed by atoms with Crippen molar-refractivity contribution >= 4 is 33.6 Å². The lowest BCUT2D eigenvalue weighted by Gasteiger charge is -2.22. The van der Waals surface area contributed by atoms with Crippen LogP contribution in [0.5, 0.6) is 0 Å². The third-order valence-corrected chi connectivity index (χ3v) is 3.66. The van der Waals surface area contributed by atoms with Crippen molar-refractivity contribution in [3.8, 4) is 0 Å². The highest BCUT2D eigenvalue weighted by atomic mass is 79.9. The molecule has 0 atom stereocenters. The van der Waals surface area contributed by atoms with Gasteiger partial charge in [-0.2, -0.15) is 0 Å². The molecule has 92 valence electrons. The summed E-state index contributed by atoms with van der Waals surface area (Å²) in [6.45, 7) is 2.08. The maximum absolute atomic E-state index is 10.8. The van der Waals surface area contributed by atoms with Gasteiger partial charge in [-0.3, -0.25) is 4.79 Å². The summed E-state index contributed by atoms with van der Waals surface area (Å²) >= 11 is 3.41. The van der Waals surface area contributed by atoms with Crippen molar-refractivity contribution < 1.29 is 4.79 Å². The number of anilines is 2. The van der Waals surface area contributed by atoms with Crippen LogP contribution < -0.4 is 4.90 Å². The summed E-state index contributed by atoms with van der Waals surface area (Å²) in [5.74, 6) is 0. The van der Waals surface area contributed by atoms with Crippen molar-refractivity contribution in [1.29, 1.82) is 0 Å². The number of aryl methyl sites for hydroxylation is 1. The molecule has 0 saturated heterocycles. The summed E-state index contributed by atoms with van der Waals surface area (Å²) in [4.78, 5) is 12.9. The molecule has 0 aliphatic carbocycles. The van der Waals surface area contributed by atoms with Gasteiger partial charge in [0.25, 0.3) is 0 Å². The van der Waals surface area contributed by atoms with E-state index in [-0.39, 0.29) is 0 Å². The first-order valence-corrected chi connectivity index (χ1v) is 6.47. The molecule has 0 aromatic heterocycles. The third kappa shape index (κ3) is 2.46. The van der Waals surface area contributed by atoms with Gasteiger partial charge in [0.2, 0.25) is 0 Å². The van der Waals surface area contributed by atoms with Gasteiger partial charge in [0.1, 0.15) is 0 Å². The zero-order valence-electron chi connectivity index (χ0n) is 10.4. The Morgan fingerprint density at radius 2 is 1.89 bits per heavy atom. The molecule has 0 spiro atoms. The third-order valence-electron chi connectivity index (χ3n) is 2.98. The van der Waals surface area contributed by atoms with E-state index in [0.29, 0.717) is 5.56 Å². The normalized spacial score (nSPS) is 10.2.